The van der Waals surface area contributed by atoms with Crippen molar-refractivity contribution in [2.45, 2.75) is 13.8 Å². The molecular weight excluding hydrogens is 258 g/mol. The molecule has 0 spiro atoms. The molecule has 1 aliphatic heterocycles. The predicted molar refractivity (Wildman–Crippen MR) is 73.6 cm³/mol. The maximum Gasteiger partial charge on any atom is 0.313 e. The molecule has 0 aromatic heterocycles. The molecule has 0 atom stereocenters. The highest BCUT2D eigenvalue weighted by Gasteiger charge is 2.34. The summed E-state index contributed by atoms with van der Waals surface area (Å²) in [6, 6.07) is 7.15. The van der Waals surface area contributed by atoms with Gasteiger partial charge in [-0.15, -0.1) is 0 Å². The smallest absolute Gasteiger partial charge is 0.313 e. The third kappa shape index (κ3) is 2.76. The lowest BCUT2D eigenvalue weighted by molar-refractivity contribution is -0.151. The van der Waals surface area contributed by atoms with Crippen molar-refractivity contribution in [3.05, 3.63) is 29.8 Å². The van der Waals surface area contributed by atoms with Crippen molar-refractivity contribution >= 4 is 11.9 Å². The molecule has 1 aromatic rings. The lowest BCUT2D eigenvalue weighted by atomic mass is 9.92. The van der Waals surface area contributed by atoms with Gasteiger partial charge in [0.15, 0.2) is 0 Å². The van der Waals surface area contributed by atoms with E-state index in [-0.39, 0.29) is 11.9 Å². The topological polar surface area (TPSA) is 55.8 Å². The van der Waals surface area contributed by atoms with E-state index in [1.165, 1.54) is 7.11 Å². The summed E-state index contributed by atoms with van der Waals surface area (Å²) in [5.41, 5.74) is -0.213. The fraction of sp³-hybridized carbons (Fsp3) is 0.467. The first-order valence-electron chi connectivity index (χ1n) is 6.55. The van der Waals surface area contributed by atoms with E-state index < -0.39 is 5.41 Å². The Morgan fingerprint density at radius 2 is 2.10 bits per heavy atom. The minimum atomic E-state index is -0.746. The second-order valence-electron chi connectivity index (χ2n) is 5.45. The number of para-hydroxylation sites is 1. The van der Waals surface area contributed by atoms with E-state index in [1.807, 2.05) is 6.07 Å². The average molecular weight is 277 g/mol. The van der Waals surface area contributed by atoms with Gasteiger partial charge in [-0.3, -0.25) is 9.59 Å². The molecular formula is C15H19NO4. The SMILES string of the molecule is COC(=O)C(C)(C)CN1CCOc2ccccc2C1=O. The van der Waals surface area contributed by atoms with Crippen molar-refractivity contribution in [2.24, 2.45) is 5.41 Å². The van der Waals surface area contributed by atoms with Gasteiger partial charge in [0.05, 0.1) is 24.6 Å². The van der Waals surface area contributed by atoms with Crippen LogP contribution >= 0.6 is 0 Å². The normalized spacial score (nSPS) is 15.2. The van der Waals surface area contributed by atoms with Crippen LogP contribution in [0.15, 0.2) is 24.3 Å². The molecule has 0 saturated carbocycles. The molecule has 108 valence electrons. The summed E-state index contributed by atoms with van der Waals surface area (Å²) in [6.45, 7) is 4.71. The number of methoxy groups -OCH3 is 1. The summed E-state index contributed by atoms with van der Waals surface area (Å²) in [5, 5.41) is 0. The molecule has 1 aliphatic rings. The van der Waals surface area contributed by atoms with Gasteiger partial charge in [-0.1, -0.05) is 12.1 Å². The number of carbonyl (C=O) groups is 2. The molecule has 0 unspecified atom stereocenters. The zero-order valence-electron chi connectivity index (χ0n) is 12.0. The van der Waals surface area contributed by atoms with E-state index in [1.54, 1.807) is 36.9 Å². The van der Waals surface area contributed by atoms with Crippen molar-refractivity contribution in [2.75, 3.05) is 26.8 Å². The molecule has 1 amide bonds. The number of carbonyl (C=O) groups excluding carboxylic acids is 2. The zero-order chi connectivity index (χ0) is 14.8. The number of benzene rings is 1. The first-order valence-corrected chi connectivity index (χ1v) is 6.55. The Hall–Kier alpha value is -2.04. The van der Waals surface area contributed by atoms with E-state index in [2.05, 4.69) is 0 Å². The summed E-state index contributed by atoms with van der Waals surface area (Å²) in [5.74, 6) is 0.148. The lowest BCUT2D eigenvalue weighted by Gasteiger charge is -2.29. The van der Waals surface area contributed by atoms with Gasteiger partial charge < -0.3 is 14.4 Å². The van der Waals surface area contributed by atoms with E-state index in [4.69, 9.17) is 9.47 Å². The number of amides is 1. The average Bonchev–Trinajstić information content (AvgIpc) is 2.58. The summed E-state index contributed by atoms with van der Waals surface area (Å²) in [6.07, 6.45) is 0. The van der Waals surface area contributed by atoms with Crippen molar-refractivity contribution < 1.29 is 19.1 Å². The van der Waals surface area contributed by atoms with Gasteiger partial charge in [-0.2, -0.15) is 0 Å². The van der Waals surface area contributed by atoms with Crippen molar-refractivity contribution in [1.82, 2.24) is 4.90 Å². The third-order valence-corrected chi connectivity index (χ3v) is 3.35. The predicted octanol–water partition coefficient (Wildman–Crippen LogP) is 1.72. The van der Waals surface area contributed by atoms with Crippen LogP contribution in [-0.2, 0) is 9.53 Å². The van der Waals surface area contributed by atoms with Gasteiger partial charge in [-0.05, 0) is 26.0 Å². The first-order chi connectivity index (χ1) is 9.45. The van der Waals surface area contributed by atoms with E-state index in [0.29, 0.717) is 31.0 Å². The standard InChI is InChI=1S/C15H19NO4/c1-15(2,14(18)19-3)10-16-8-9-20-12-7-5-4-6-11(12)13(16)17/h4-7H,8-10H2,1-3H3. The lowest BCUT2D eigenvalue weighted by Crippen LogP contribution is -2.43. The van der Waals surface area contributed by atoms with Crippen LogP contribution < -0.4 is 4.74 Å². The van der Waals surface area contributed by atoms with Gasteiger partial charge in [-0.25, -0.2) is 0 Å². The maximum atomic E-state index is 12.5. The van der Waals surface area contributed by atoms with Crippen LogP contribution in [-0.4, -0.2) is 43.6 Å². The quantitative estimate of drug-likeness (QED) is 0.789. The molecule has 20 heavy (non-hydrogen) atoms. The van der Waals surface area contributed by atoms with Crippen molar-refractivity contribution in [3.8, 4) is 5.75 Å². The van der Waals surface area contributed by atoms with Crippen LogP contribution in [0.3, 0.4) is 0 Å². The minimum absolute atomic E-state index is 0.116. The molecule has 1 aromatic carbocycles. The Labute approximate surface area is 118 Å². The summed E-state index contributed by atoms with van der Waals surface area (Å²) in [4.78, 5) is 25.9. The second kappa shape index (κ2) is 5.53. The fourth-order valence-corrected chi connectivity index (χ4v) is 2.28. The zero-order valence-corrected chi connectivity index (χ0v) is 12.0. The van der Waals surface area contributed by atoms with Crippen LogP contribution in [0, 0.1) is 5.41 Å². The number of hydrogen-bond acceptors (Lipinski definition) is 4. The van der Waals surface area contributed by atoms with E-state index in [0.717, 1.165) is 0 Å². The number of esters is 1. The van der Waals surface area contributed by atoms with Gasteiger partial charge in [0.25, 0.3) is 5.91 Å². The highest BCUT2D eigenvalue weighted by Crippen LogP contribution is 2.26. The Bertz CT molecular complexity index is 524. The van der Waals surface area contributed by atoms with Gasteiger partial charge >= 0.3 is 5.97 Å². The Balaban J connectivity index is 2.22. The van der Waals surface area contributed by atoms with Crippen LogP contribution in [0.4, 0.5) is 0 Å². The van der Waals surface area contributed by atoms with Gasteiger partial charge in [0.2, 0.25) is 0 Å². The van der Waals surface area contributed by atoms with Crippen LogP contribution in [0.2, 0.25) is 0 Å². The van der Waals surface area contributed by atoms with E-state index in [9.17, 15) is 9.59 Å². The molecule has 2 rings (SSSR count). The summed E-state index contributed by atoms with van der Waals surface area (Å²) >= 11 is 0. The number of fused-ring (bicyclic) bond motifs is 1. The summed E-state index contributed by atoms with van der Waals surface area (Å²) < 4.78 is 10.4. The summed E-state index contributed by atoms with van der Waals surface area (Å²) in [7, 11) is 1.35. The second-order valence-corrected chi connectivity index (χ2v) is 5.45. The maximum absolute atomic E-state index is 12.5. The number of rotatable bonds is 3. The van der Waals surface area contributed by atoms with Crippen LogP contribution in [0.1, 0.15) is 24.2 Å². The number of hydrogen-bond donors (Lipinski definition) is 0. The minimum Gasteiger partial charge on any atom is -0.491 e. The van der Waals surface area contributed by atoms with Gasteiger partial charge in [0, 0.05) is 6.54 Å². The molecule has 0 bridgehead atoms. The fourth-order valence-electron chi connectivity index (χ4n) is 2.28. The number of ether oxygens (including phenoxy) is 2. The Morgan fingerprint density at radius 1 is 1.40 bits per heavy atom. The van der Waals surface area contributed by atoms with Crippen molar-refractivity contribution in [3.63, 3.8) is 0 Å². The monoisotopic (exact) mass is 277 g/mol. The van der Waals surface area contributed by atoms with Gasteiger partial charge in [0.1, 0.15) is 12.4 Å². The Kier molecular flexibility index (Phi) is 3.97. The molecule has 5 heteroatoms. The van der Waals surface area contributed by atoms with E-state index >= 15 is 0 Å². The Morgan fingerprint density at radius 3 is 2.80 bits per heavy atom. The molecule has 0 saturated heterocycles. The molecule has 0 aliphatic carbocycles. The van der Waals surface area contributed by atoms with Crippen LogP contribution in [0.25, 0.3) is 0 Å². The van der Waals surface area contributed by atoms with Crippen molar-refractivity contribution in [1.29, 1.82) is 0 Å². The molecule has 0 fully saturated rings. The number of nitrogens with zero attached hydrogens (tertiary/aromatic N) is 1. The first kappa shape index (κ1) is 14.4. The molecule has 0 N–H and O–H groups in total. The molecule has 5 nitrogen and oxygen atoms in total. The highest BCUT2D eigenvalue weighted by molar-refractivity contribution is 5.97. The van der Waals surface area contributed by atoms with Crippen LogP contribution in [0.5, 0.6) is 5.75 Å². The highest BCUT2D eigenvalue weighted by atomic mass is 16.5. The largest absolute Gasteiger partial charge is 0.491 e. The molecule has 0 radical (unpaired) electrons. The third-order valence-electron chi connectivity index (χ3n) is 3.35. The molecule has 1 heterocycles.